The van der Waals surface area contributed by atoms with E-state index in [4.69, 9.17) is 5.73 Å². The smallest absolute Gasteiger partial charge is 0.790 e. The van der Waals surface area contributed by atoms with Crippen LogP contribution in [0.15, 0.2) is 12.1 Å². The van der Waals surface area contributed by atoms with Gasteiger partial charge in [0.15, 0.2) is 0 Å². The van der Waals surface area contributed by atoms with Gasteiger partial charge in [-0.15, -0.1) is 0 Å². The van der Waals surface area contributed by atoms with E-state index in [0.29, 0.717) is 17.0 Å². The molecule has 25 heavy (non-hydrogen) atoms. The van der Waals surface area contributed by atoms with E-state index in [9.17, 15) is 14.4 Å². The summed E-state index contributed by atoms with van der Waals surface area (Å²) in [5, 5.41) is 0. The number of rotatable bonds is 3. The Labute approximate surface area is 345 Å². The minimum Gasteiger partial charge on any atom is -0.790 e. The van der Waals surface area contributed by atoms with Gasteiger partial charge in [0.2, 0.25) is 0 Å². The van der Waals surface area contributed by atoms with E-state index in [1.54, 1.807) is 19.1 Å². The average Bonchev–Trinajstić information content (AvgIpc) is 2.75. The van der Waals surface area contributed by atoms with E-state index in [0.717, 1.165) is 6.73 Å². The molecule has 0 aliphatic rings. The molecule has 2 aromatic rings. The molecule has 0 saturated heterocycles. The van der Waals surface area contributed by atoms with E-state index in [2.05, 4.69) is 14.5 Å². The molecule has 0 bridgehead atoms. The number of hydrogen-bond acceptors (Lipinski definition) is 7. The Morgan fingerprint density at radius 3 is 2.00 bits per heavy atom. The Morgan fingerprint density at radius 1 is 1.08 bits per heavy atom. The van der Waals surface area contributed by atoms with Crippen molar-refractivity contribution in [1.82, 2.24) is 14.5 Å². The molecule has 0 aliphatic carbocycles. The van der Waals surface area contributed by atoms with Crippen LogP contribution in [0.4, 0.5) is 5.82 Å². The average molecular weight is 657 g/mol. The monoisotopic (exact) mass is 655 g/mol. The summed E-state index contributed by atoms with van der Waals surface area (Å²) in [6.45, 7) is 10.4. The van der Waals surface area contributed by atoms with Gasteiger partial charge in [0.25, 0.3) is 0 Å². The molecule has 8 nitrogen and oxygen atoms in total. The van der Waals surface area contributed by atoms with E-state index >= 15 is 0 Å². The SMILES string of the molecule is CC.CC.Cc1nc2ccc(N)nc2n1[CH-]OP(=O)([O-])[O-].[Rb+].[Rb+].[Rb+].[Rb+]. The van der Waals surface area contributed by atoms with Crippen molar-refractivity contribution in [1.29, 1.82) is 0 Å². The standard InChI is InChI=1S/C8H10N4O4P.2C2H6.4Rb/c1-5-10-6-2-3-7(9)11-8(6)12(5)4-16-17(13,14)15;2*1-2;;;;/h2-4H,1H3,(H2,9,11)(H2,13,14,15);2*1-2H3;;;;/q-1;;;4*+1/p-2. The van der Waals surface area contributed by atoms with Crippen LogP contribution < -0.4 is 248 Å². The Morgan fingerprint density at radius 2 is 1.56 bits per heavy atom. The molecule has 120 valence electrons. The second-order valence-corrected chi connectivity index (χ2v) is 4.37. The van der Waals surface area contributed by atoms with Gasteiger partial charge in [-0.25, -0.2) is 0 Å². The number of anilines is 1. The van der Waals surface area contributed by atoms with Crippen LogP contribution in [-0.4, -0.2) is 14.5 Å². The molecule has 0 aromatic carbocycles. The minimum absolute atomic E-state index is 0. The first kappa shape index (κ1) is 40.9. The molecule has 0 amide bonds. The summed E-state index contributed by atoms with van der Waals surface area (Å²) in [6.07, 6.45) is 0. The van der Waals surface area contributed by atoms with E-state index in [1.807, 2.05) is 27.7 Å². The normalized spacial score (nSPS) is 8.60. The van der Waals surface area contributed by atoms with Crippen molar-refractivity contribution < 1.29 is 252 Å². The third-order valence-corrected chi connectivity index (χ3v) is 2.37. The fraction of sp³-hybridized carbons (Fsp3) is 0.417. The fourth-order valence-electron chi connectivity index (χ4n) is 1.33. The summed E-state index contributed by atoms with van der Waals surface area (Å²) in [5.74, 6) is 0.672. The van der Waals surface area contributed by atoms with Crippen molar-refractivity contribution >= 4 is 24.8 Å². The maximum Gasteiger partial charge on any atom is 1.00 e. The van der Waals surface area contributed by atoms with Gasteiger partial charge in [0.05, 0.1) is 13.5 Å². The molecule has 0 atom stereocenters. The number of fused-ring (bicyclic) bond motifs is 1. The molecule has 0 fully saturated rings. The molecule has 2 heterocycles. The number of aryl methyl sites for hydroxylation is 1. The predicted molar refractivity (Wildman–Crippen MR) is 77.8 cm³/mol. The zero-order valence-corrected chi connectivity index (χ0v) is 37.3. The van der Waals surface area contributed by atoms with Crippen molar-refractivity contribution in [3.05, 3.63) is 24.7 Å². The number of nitrogens with two attached hydrogens (primary N) is 1. The maximum absolute atomic E-state index is 10.4. The number of phosphoric ester groups is 1. The summed E-state index contributed by atoms with van der Waals surface area (Å²) in [7, 11) is -5.08. The number of imidazole rings is 1. The Balaban J connectivity index is -0.000000156. The molecule has 0 unspecified atom stereocenters. The largest absolute Gasteiger partial charge is 1.00 e. The number of nitrogens with zero attached hydrogens (tertiary/aromatic N) is 3. The van der Waals surface area contributed by atoms with Crippen LogP contribution in [0.2, 0.25) is 0 Å². The van der Waals surface area contributed by atoms with Gasteiger partial charge < -0.3 is 34.2 Å². The second-order valence-electron chi connectivity index (χ2n) is 3.27. The van der Waals surface area contributed by atoms with Crippen LogP contribution in [0.5, 0.6) is 0 Å². The van der Waals surface area contributed by atoms with Crippen molar-refractivity contribution in [3.63, 3.8) is 0 Å². The summed E-state index contributed by atoms with van der Waals surface area (Å²) < 4.78 is 15.7. The van der Waals surface area contributed by atoms with Crippen LogP contribution in [0.25, 0.3) is 11.2 Å². The first-order valence-electron chi connectivity index (χ1n) is 6.52. The zero-order valence-electron chi connectivity index (χ0n) is 16.7. The first-order chi connectivity index (χ1) is 9.87. The summed E-state index contributed by atoms with van der Waals surface area (Å²) in [6, 6.07) is 3.19. The van der Waals surface area contributed by atoms with Crippen LogP contribution in [0.3, 0.4) is 0 Å². The molecule has 0 saturated carbocycles. The van der Waals surface area contributed by atoms with E-state index in [1.165, 1.54) is 4.57 Å². The van der Waals surface area contributed by atoms with Crippen molar-refractivity contribution in [3.8, 4) is 0 Å². The van der Waals surface area contributed by atoms with Crippen molar-refractivity contribution in [2.45, 2.75) is 34.6 Å². The number of hydrogen-bond donors (Lipinski definition) is 1. The predicted octanol–water partition coefficient (Wildman–Crippen LogP) is -10.8. The molecule has 13 heteroatoms. The molecule has 0 radical (unpaired) electrons. The van der Waals surface area contributed by atoms with Gasteiger partial charge in [-0.1, -0.05) is 34.6 Å². The van der Waals surface area contributed by atoms with Crippen molar-refractivity contribution in [2.24, 2.45) is 0 Å². The Kier molecular flexibility index (Phi) is 37.3. The van der Waals surface area contributed by atoms with E-state index in [-0.39, 0.29) is 239 Å². The third-order valence-electron chi connectivity index (χ3n) is 2.02. The molecule has 0 aliphatic heterocycles. The fourth-order valence-corrected chi connectivity index (χ4v) is 1.54. The number of phosphoric acid groups is 1. The zero-order chi connectivity index (χ0) is 16.6. The van der Waals surface area contributed by atoms with Crippen LogP contribution in [0, 0.1) is 13.7 Å². The van der Waals surface area contributed by atoms with Gasteiger partial charge in [-0.2, -0.15) is 0 Å². The number of nitrogen functional groups attached to an aromatic ring is 1. The second kappa shape index (κ2) is 22.8. The van der Waals surface area contributed by atoms with Crippen LogP contribution in [0.1, 0.15) is 33.5 Å². The van der Waals surface area contributed by atoms with E-state index < -0.39 is 7.82 Å². The summed E-state index contributed by atoms with van der Waals surface area (Å²) in [5.41, 5.74) is 6.33. The molecule has 2 N–H and O–H groups in total. The quantitative estimate of drug-likeness (QED) is 0.257. The third kappa shape index (κ3) is 16.9. The molecule has 2 aromatic heterocycles. The summed E-state index contributed by atoms with van der Waals surface area (Å²) >= 11 is 0. The van der Waals surface area contributed by atoms with Crippen LogP contribution in [-0.2, 0) is 9.09 Å². The Hall–Kier alpha value is 5.62. The van der Waals surface area contributed by atoms with Gasteiger partial charge in [0.1, 0.15) is 5.82 Å². The van der Waals surface area contributed by atoms with Crippen molar-refractivity contribution in [2.75, 3.05) is 5.73 Å². The number of pyridine rings is 1. The molecular weight excluding hydrogens is 637 g/mol. The first-order valence-corrected chi connectivity index (χ1v) is 7.98. The maximum atomic E-state index is 10.4. The molecule has 0 spiro atoms. The van der Waals surface area contributed by atoms with Gasteiger partial charge in [-0.05, 0) is 12.1 Å². The Bertz CT molecular complexity index is 624. The molecular formula is C12H20N4O4PRb4+. The van der Waals surface area contributed by atoms with Gasteiger partial charge in [-0.3, -0.25) is 4.98 Å². The number of aromatic nitrogens is 3. The summed E-state index contributed by atoms with van der Waals surface area (Å²) in [4.78, 5) is 28.8. The van der Waals surface area contributed by atoms with Gasteiger partial charge >= 0.3 is 233 Å². The minimum atomic E-state index is -5.08. The van der Waals surface area contributed by atoms with Crippen LogP contribution >= 0.6 is 7.82 Å². The van der Waals surface area contributed by atoms with Gasteiger partial charge in [0, 0.05) is 18.1 Å². The molecule has 2 rings (SSSR count). The topological polar surface area (TPSA) is 129 Å².